The van der Waals surface area contributed by atoms with Crippen molar-refractivity contribution in [2.24, 2.45) is 5.92 Å². The van der Waals surface area contributed by atoms with Crippen molar-refractivity contribution >= 4 is 34.8 Å². The number of piperidine rings is 1. The first kappa shape index (κ1) is 21.7. The number of hydrogen-bond acceptors (Lipinski definition) is 3. The van der Waals surface area contributed by atoms with Crippen LogP contribution < -0.4 is 10.1 Å². The summed E-state index contributed by atoms with van der Waals surface area (Å²) in [6.45, 7) is 2.26. The van der Waals surface area contributed by atoms with Gasteiger partial charge in [0.25, 0.3) is 0 Å². The molecule has 0 bridgehead atoms. The molecule has 0 aromatic heterocycles. The number of nitrogens with zero attached hydrogens (tertiary/aromatic N) is 1. The lowest BCUT2D eigenvalue weighted by molar-refractivity contribution is -0.121. The van der Waals surface area contributed by atoms with Crippen molar-refractivity contribution in [1.29, 1.82) is 0 Å². The van der Waals surface area contributed by atoms with Crippen molar-refractivity contribution in [3.8, 4) is 11.5 Å². The summed E-state index contributed by atoms with van der Waals surface area (Å²) in [5.41, 5.74) is 1.68. The highest BCUT2D eigenvalue weighted by molar-refractivity contribution is 6.35. The molecule has 0 spiro atoms. The lowest BCUT2D eigenvalue weighted by Crippen LogP contribution is -2.40. The third-order valence-electron chi connectivity index (χ3n) is 5.42. The van der Waals surface area contributed by atoms with Gasteiger partial charge >= 0.3 is 0 Å². The van der Waals surface area contributed by atoms with E-state index in [-0.39, 0.29) is 11.8 Å². The van der Waals surface area contributed by atoms with Gasteiger partial charge in [0, 0.05) is 34.4 Å². The molecule has 4 rings (SSSR count). The van der Waals surface area contributed by atoms with Gasteiger partial charge in [-0.1, -0.05) is 47.5 Å². The Balaban J connectivity index is 1.34. The smallest absolute Gasteiger partial charge is 0.228 e. The number of para-hydroxylation sites is 1. The third kappa shape index (κ3) is 5.79. The molecule has 1 heterocycles. The van der Waals surface area contributed by atoms with Gasteiger partial charge in [0.05, 0.1) is 5.92 Å². The van der Waals surface area contributed by atoms with Crippen LogP contribution >= 0.6 is 23.2 Å². The maximum Gasteiger partial charge on any atom is 0.228 e. The lowest BCUT2D eigenvalue weighted by atomic mass is 9.96. The Bertz CT molecular complexity index is 1010. The molecule has 3 aromatic rings. The van der Waals surface area contributed by atoms with Gasteiger partial charge in [-0.15, -0.1) is 0 Å². The molecule has 31 heavy (non-hydrogen) atoms. The van der Waals surface area contributed by atoms with Crippen molar-refractivity contribution < 1.29 is 9.53 Å². The van der Waals surface area contributed by atoms with Crippen molar-refractivity contribution in [3.05, 3.63) is 88.4 Å². The number of hydrogen-bond donors (Lipinski definition) is 1. The monoisotopic (exact) mass is 454 g/mol. The third-order valence-corrected chi connectivity index (χ3v) is 6.13. The van der Waals surface area contributed by atoms with Crippen LogP contribution in [0.15, 0.2) is 72.8 Å². The molecule has 4 nitrogen and oxygen atoms in total. The Morgan fingerprint density at radius 1 is 0.935 bits per heavy atom. The van der Waals surface area contributed by atoms with Crippen molar-refractivity contribution in [1.82, 2.24) is 4.90 Å². The molecular weight excluding hydrogens is 431 g/mol. The maximum atomic E-state index is 12.9. The molecule has 1 atom stereocenters. The lowest BCUT2D eigenvalue weighted by Gasteiger charge is -2.32. The number of ether oxygens (including phenoxy) is 1. The van der Waals surface area contributed by atoms with E-state index in [2.05, 4.69) is 10.2 Å². The fourth-order valence-corrected chi connectivity index (χ4v) is 4.31. The molecule has 0 aliphatic carbocycles. The van der Waals surface area contributed by atoms with E-state index in [1.54, 1.807) is 0 Å². The van der Waals surface area contributed by atoms with Crippen LogP contribution in [-0.2, 0) is 11.3 Å². The molecule has 1 unspecified atom stereocenters. The molecule has 1 aliphatic rings. The number of carbonyl (C=O) groups excluding carboxylic acids is 1. The topological polar surface area (TPSA) is 41.6 Å². The zero-order valence-electron chi connectivity index (χ0n) is 17.1. The van der Waals surface area contributed by atoms with Crippen LogP contribution in [0.3, 0.4) is 0 Å². The number of likely N-dealkylation sites (tertiary alicyclic amines) is 1. The molecule has 1 aliphatic heterocycles. The largest absolute Gasteiger partial charge is 0.457 e. The Kier molecular flexibility index (Phi) is 7.13. The summed E-state index contributed by atoms with van der Waals surface area (Å²) in [4.78, 5) is 15.1. The van der Waals surface area contributed by atoms with Crippen molar-refractivity contribution in [3.63, 3.8) is 0 Å². The number of carbonyl (C=O) groups is 1. The quantitative estimate of drug-likeness (QED) is 0.453. The molecule has 1 saturated heterocycles. The summed E-state index contributed by atoms with van der Waals surface area (Å²) >= 11 is 12.6. The fourth-order valence-electron chi connectivity index (χ4n) is 3.80. The minimum atomic E-state index is -0.0738. The van der Waals surface area contributed by atoms with Gasteiger partial charge in [0.15, 0.2) is 0 Å². The van der Waals surface area contributed by atoms with E-state index >= 15 is 0 Å². The van der Waals surface area contributed by atoms with Crippen LogP contribution in [0, 0.1) is 5.92 Å². The molecule has 160 valence electrons. The van der Waals surface area contributed by atoms with Gasteiger partial charge in [0.1, 0.15) is 11.5 Å². The van der Waals surface area contributed by atoms with Gasteiger partial charge < -0.3 is 10.1 Å². The van der Waals surface area contributed by atoms with Crippen molar-refractivity contribution in [2.75, 3.05) is 18.4 Å². The normalized spacial score (nSPS) is 16.6. The Hall–Kier alpha value is -2.53. The summed E-state index contributed by atoms with van der Waals surface area (Å²) in [6, 6.07) is 22.6. The number of halogens is 2. The molecule has 6 heteroatoms. The van der Waals surface area contributed by atoms with Crippen LogP contribution in [0.2, 0.25) is 10.0 Å². The highest BCUT2D eigenvalue weighted by Crippen LogP contribution is 2.28. The zero-order chi connectivity index (χ0) is 21.6. The average molecular weight is 455 g/mol. The summed E-state index contributed by atoms with van der Waals surface area (Å²) in [5, 5.41) is 4.36. The predicted molar refractivity (Wildman–Crippen MR) is 126 cm³/mol. The minimum Gasteiger partial charge on any atom is -0.457 e. The molecule has 1 amide bonds. The average Bonchev–Trinajstić information content (AvgIpc) is 2.79. The summed E-state index contributed by atoms with van der Waals surface area (Å²) in [5.74, 6) is 1.46. The van der Waals surface area contributed by atoms with Crippen molar-refractivity contribution in [2.45, 2.75) is 19.4 Å². The van der Waals surface area contributed by atoms with Gasteiger partial charge in [-0.05, 0) is 67.9 Å². The molecule has 0 radical (unpaired) electrons. The second-order valence-corrected chi connectivity index (χ2v) is 8.52. The summed E-state index contributed by atoms with van der Waals surface area (Å²) in [7, 11) is 0. The number of rotatable bonds is 6. The molecule has 3 aromatic carbocycles. The van der Waals surface area contributed by atoms with Crippen LogP contribution in [-0.4, -0.2) is 23.9 Å². The Labute approximate surface area is 192 Å². The van der Waals surface area contributed by atoms with Crippen LogP contribution in [0.4, 0.5) is 5.69 Å². The highest BCUT2D eigenvalue weighted by Gasteiger charge is 2.26. The van der Waals surface area contributed by atoms with Crippen LogP contribution in [0.5, 0.6) is 11.5 Å². The molecule has 0 saturated carbocycles. The molecular formula is C25H24Cl2N2O2. The number of anilines is 1. The van der Waals surface area contributed by atoms with E-state index in [9.17, 15) is 4.79 Å². The van der Waals surface area contributed by atoms with Gasteiger partial charge in [0.2, 0.25) is 5.91 Å². The SMILES string of the molecule is O=C(Nc1ccc(Oc2ccccc2)cc1)C1CCCN(Cc2c(Cl)cccc2Cl)C1. The van der Waals surface area contributed by atoms with E-state index in [1.807, 2.05) is 72.8 Å². The number of benzene rings is 3. The minimum absolute atomic E-state index is 0.0340. The second kappa shape index (κ2) is 10.2. The van der Waals surface area contributed by atoms with Gasteiger partial charge in [-0.2, -0.15) is 0 Å². The van der Waals surface area contributed by atoms with Gasteiger partial charge in [-0.25, -0.2) is 0 Å². The van der Waals surface area contributed by atoms with E-state index in [1.165, 1.54) is 0 Å². The second-order valence-electron chi connectivity index (χ2n) is 7.70. The van der Waals surface area contributed by atoms with Gasteiger partial charge in [-0.3, -0.25) is 9.69 Å². The summed E-state index contributed by atoms with van der Waals surface area (Å²) in [6.07, 6.45) is 1.83. The zero-order valence-corrected chi connectivity index (χ0v) is 18.6. The van der Waals surface area contributed by atoms with Crippen LogP contribution in [0.25, 0.3) is 0 Å². The molecule has 1 N–H and O–H groups in total. The fraction of sp³-hybridized carbons (Fsp3) is 0.240. The standard InChI is InChI=1S/C25H24Cl2N2O2/c26-23-9-4-10-24(27)22(23)17-29-15-5-6-18(16-29)25(30)28-19-11-13-21(14-12-19)31-20-7-2-1-3-8-20/h1-4,7-14,18H,5-6,15-17H2,(H,28,30). The molecule has 1 fully saturated rings. The number of nitrogens with one attached hydrogen (secondary N) is 1. The van der Waals surface area contributed by atoms with E-state index < -0.39 is 0 Å². The van der Waals surface area contributed by atoms with E-state index in [0.717, 1.165) is 42.1 Å². The first-order chi connectivity index (χ1) is 15.1. The first-order valence-corrected chi connectivity index (χ1v) is 11.1. The predicted octanol–water partition coefficient (Wildman–Crippen LogP) is 6.64. The van der Waals surface area contributed by atoms with Crippen LogP contribution in [0.1, 0.15) is 18.4 Å². The maximum absolute atomic E-state index is 12.9. The Morgan fingerprint density at radius 3 is 2.32 bits per heavy atom. The summed E-state index contributed by atoms with van der Waals surface area (Å²) < 4.78 is 5.80. The van der Waals surface area contributed by atoms with E-state index in [4.69, 9.17) is 27.9 Å². The number of amides is 1. The van der Waals surface area contributed by atoms with E-state index in [0.29, 0.717) is 23.1 Å². The highest BCUT2D eigenvalue weighted by atomic mass is 35.5. The first-order valence-electron chi connectivity index (χ1n) is 10.4. The Morgan fingerprint density at radius 2 is 1.61 bits per heavy atom.